The van der Waals surface area contributed by atoms with Gasteiger partial charge in [0, 0.05) is 18.7 Å². The summed E-state index contributed by atoms with van der Waals surface area (Å²) in [6.45, 7) is 1.42. The molecule has 0 unspecified atom stereocenters. The van der Waals surface area contributed by atoms with Crippen molar-refractivity contribution in [3.8, 4) is 5.75 Å². The van der Waals surface area contributed by atoms with Gasteiger partial charge < -0.3 is 10.1 Å². The number of hydrogen-bond acceptors (Lipinski definition) is 4. The molecule has 2 rings (SSSR count). The van der Waals surface area contributed by atoms with E-state index in [0.29, 0.717) is 6.54 Å². The number of rotatable bonds is 5. The van der Waals surface area contributed by atoms with Crippen molar-refractivity contribution in [2.45, 2.75) is 18.7 Å². The van der Waals surface area contributed by atoms with Crippen LogP contribution in [0.1, 0.15) is 12.0 Å². The zero-order valence-corrected chi connectivity index (χ0v) is 12.9. The van der Waals surface area contributed by atoms with E-state index in [1.807, 2.05) is 0 Å². The molecule has 1 saturated heterocycles. The minimum Gasteiger partial charge on any atom is -0.489 e. The van der Waals surface area contributed by atoms with E-state index >= 15 is 0 Å². The molecule has 8 heteroatoms. The first-order valence-corrected chi connectivity index (χ1v) is 8.93. The molecule has 22 heavy (non-hydrogen) atoms. The molecule has 0 radical (unpaired) electrons. The number of alkyl halides is 3. The van der Waals surface area contributed by atoms with Crippen LogP contribution in [-0.2, 0) is 16.0 Å². The van der Waals surface area contributed by atoms with Crippen molar-refractivity contribution in [2.24, 2.45) is 5.92 Å². The standard InChI is InChI=1S/C14H18F3NO3S/c1-22(19,20)9-13(10-6-7-18-8-10)21-12-4-2-11(3-5-12)14(15,16)17/h2-5,10,13,18H,6-9H2,1H3/t10-,13-/m1/s1. The predicted molar refractivity (Wildman–Crippen MR) is 76.5 cm³/mol. The highest BCUT2D eigenvalue weighted by molar-refractivity contribution is 7.90. The molecule has 1 aliphatic rings. The third kappa shape index (κ3) is 4.88. The molecular formula is C14H18F3NO3S. The van der Waals surface area contributed by atoms with E-state index in [2.05, 4.69) is 5.32 Å². The van der Waals surface area contributed by atoms with Crippen LogP contribution in [0.4, 0.5) is 13.2 Å². The molecule has 0 aliphatic carbocycles. The van der Waals surface area contributed by atoms with Gasteiger partial charge in [0.05, 0.1) is 11.3 Å². The number of benzene rings is 1. The fourth-order valence-corrected chi connectivity index (χ4v) is 3.39. The Kier molecular flexibility index (Phi) is 5.01. The first-order chi connectivity index (χ1) is 10.1. The van der Waals surface area contributed by atoms with Gasteiger partial charge in [-0.25, -0.2) is 8.42 Å². The zero-order valence-electron chi connectivity index (χ0n) is 12.1. The summed E-state index contributed by atoms with van der Waals surface area (Å²) in [6, 6.07) is 4.31. The summed E-state index contributed by atoms with van der Waals surface area (Å²) in [5, 5.41) is 3.13. The minimum absolute atomic E-state index is 0.0250. The Morgan fingerprint density at radius 1 is 1.32 bits per heavy atom. The Morgan fingerprint density at radius 3 is 2.41 bits per heavy atom. The molecule has 124 valence electrons. The van der Waals surface area contributed by atoms with Crippen molar-refractivity contribution < 1.29 is 26.3 Å². The van der Waals surface area contributed by atoms with Crippen LogP contribution >= 0.6 is 0 Å². The van der Waals surface area contributed by atoms with E-state index < -0.39 is 27.7 Å². The highest BCUT2D eigenvalue weighted by Crippen LogP contribution is 2.31. The number of ether oxygens (including phenoxy) is 1. The molecule has 0 bridgehead atoms. The number of halogens is 3. The molecule has 0 spiro atoms. The van der Waals surface area contributed by atoms with Crippen LogP contribution in [-0.4, -0.2) is 39.6 Å². The van der Waals surface area contributed by atoms with Gasteiger partial charge in [-0.3, -0.25) is 0 Å². The molecule has 1 N–H and O–H groups in total. The van der Waals surface area contributed by atoms with Gasteiger partial charge in [0.25, 0.3) is 0 Å². The summed E-state index contributed by atoms with van der Waals surface area (Å²) >= 11 is 0. The number of sulfone groups is 1. The Balaban J connectivity index is 2.12. The van der Waals surface area contributed by atoms with Crippen LogP contribution in [0.2, 0.25) is 0 Å². The molecule has 2 atom stereocenters. The Morgan fingerprint density at radius 2 is 1.95 bits per heavy atom. The average Bonchev–Trinajstić information content (AvgIpc) is 2.89. The molecule has 0 aromatic heterocycles. The highest BCUT2D eigenvalue weighted by Gasteiger charge is 2.31. The van der Waals surface area contributed by atoms with Crippen LogP contribution < -0.4 is 10.1 Å². The van der Waals surface area contributed by atoms with Crippen molar-refractivity contribution >= 4 is 9.84 Å². The maximum absolute atomic E-state index is 12.5. The molecule has 0 saturated carbocycles. The quantitative estimate of drug-likeness (QED) is 0.894. The van der Waals surface area contributed by atoms with Crippen LogP contribution in [0.15, 0.2) is 24.3 Å². The Labute approximate surface area is 127 Å². The van der Waals surface area contributed by atoms with Gasteiger partial charge in [0.1, 0.15) is 11.9 Å². The van der Waals surface area contributed by atoms with Crippen molar-refractivity contribution in [1.82, 2.24) is 5.32 Å². The third-order valence-electron chi connectivity index (χ3n) is 3.56. The lowest BCUT2D eigenvalue weighted by Crippen LogP contribution is -2.35. The summed E-state index contributed by atoms with van der Waals surface area (Å²) in [5.74, 6) is 0.117. The molecule has 1 aliphatic heterocycles. The second-order valence-corrected chi connectivity index (χ2v) is 7.71. The van der Waals surface area contributed by atoms with Gasteiger partial charge in [0.15, 0.2) is 9.84 Å². The summed E-state index contributed by atoms with van der Waals surface area (Å²) in [6.07, 6.45) is -3.07. The number of hydrogen-bond donors (Lipinski definition) is 1. The second kappa shape index (κ2) is 6.45. The van der Waals surface area contributed by atoms with Crippen LogP contribution in [0.5, 0.6) is 5.75 Å². The molecule has 1 fully saturated rings. The fraction of sp³-hybridized carbons (Fsp3) is 0.571. The van der Waals surface area contributed by atoms with Crippen molar-refractivity contribution in [3.63, 3.8) is 0 Å². The van der Waals surface area contributed by atoms with Crippen molar-refractivity contribution in [1.29, 1.82) is 0 Å². The molecule has 1 aromatic carbocycles. The maximum Gasteiger partial charge on any atom is 0.416 e. The van der Waals surface area contributed by atoms with Crippen molar-refractivity contribution in [3.05, 3.63) is 29.8 Å². The SMILES string of the molecule is CS(=O)(=O)C[C@@H](Oc1ccc(C(F)(F)F)cc1)[C@@H]1CCNC1. The summed E-state index contributed by atoms with van der Waals surface area (Å²) in [7, 11) is -3.25. The topological polar surface area (TPSA) is 55.4 Å². The van der Waals surface area contributed by atoms with Crippen LogP contribution in [0, 0.1) is 5.92 Å². The molecule has 4 nitrogen and oxygen atoms in total. The van der Waals surface area contributed by atoms with E-state index in [1.165, 1.54) is 12.1 Å². The van der Waals surface area contributed by atoms with E-state index in [0.717, 1.165) is 31.4 Å². The molecule has 0 amide bonds. The third-order valence-corrected chi connectivity index (χ3v) is 4.49. The predicted octanol–water partition coefficient (Wildman–Crippen LogP) is 2.11. The van der Waals surface area contributed by atoms with E-state index in [-0.39, 0.29) is 17.4 Å². The molecular weight excluding hydrogens is 319 g/mol. The van der Waals surface area contributed by atoms with Crippen LogP contribution in [0.25, 0.3) is 0 Å². The molecule has 1 aromatic rings. The normalized spacial score (nSPS) is 20.8. The number of nitrogens with one attached hydrogen (secondary N) is 1. The monoisotopic (exact) mass is 337 g/mol. The van der Waals surface area contributed by atoms with Gasteiger partial charge in [0.2, 0.25) is 0 Å². The van der Waals surface area contributed by atoms with Gasteiger partial charge in [-0.2, -0.15) is 13.2 Å². The van der Waals surface area contributed by atoms with Gasteiger partial charge in [-0.05, 0) is 37.2 Å². The minimum atomic E-state index is -4.40. The second-order valence-electron chi connectivity index (χ2n) is 5.52. The van der Waals surface area contributed by atoms with Crippen LogP contribution in [0.3, 0.4) is 0 Å². The largest absolute Gasteiger partial charge is 0.489 e. The lowest BCUT2D eigenvalue weighted by Gasteiger charge is -2.24. The van der Waals surface area contributed by atoms with Crippen molar-refractivity contribution in [2.75, 3.05) is 25.1 Å². The summed E-state index contributed by atoms with van der Waals surface area (Å²) in [4.78, 5) is 0. The lowest BCUT2D eigenvalue weighted by atomic mass is 10.0. The van der Waals surface area contributed by atoms with Gasteiger partial charge >= 0.3 is 6.18 Å². The van der Waals surface area contributed by atoms with Gasteiger partial charge in [-0.15, -0.1) is 0 Å². The average molecular weight is 337 g/mol. The maximum atomic E-state index is 12.5. The van der Waals surface area contributed by atoms with E-state index in [4.69, 9.17) is 4.74 Å². The smallest absolute Gasteiger partial charge is 0.416 e. The van der Waals surface area contributed by atoms with E-state index in [1.54, 1.807) is 0 Å². The Hall–Kier alpha value is -1.28. The first-order valence-electron chi connectivity index (χ1n) is 6.87. The molecule has 1 heterocycles. The summed E-state index contributed by atoms with van der Waals surface area (Å²) in [5.41, 5.74) is -0.762. The fourth-order valence-electron chi connectivity index (χ4n) is 2.46. The summed E-state index contributed by atoms with van der Waals surface area (Å²) < 4.78 is 66.3. The highest BCUT2D eigenvalue weighted by atomic mass is 32.2. The van der Waals surface area contributed by atoms with E-state index in [9.17, 15) is 21.6 Å². The lowest BCUT2D eigenvalue weighted by molar-refractivity contribution is -0.137. The van der Waals surface area contributed by atoms with Gasteiger partial charge in [-0.1, -0.05) is 0 Å². The first kappa shape index (κ1) is 17.1. The zero-order chi connectivity index (χ0) is 16.4. The Bertz CT molecular complexity index is 593.